The Bertz CT molecular complexity index is 523. The zero-order valence-electron chi connectivity index (χ0n) is 11.1. The predicted molar refractivity (Wildman–Crippen MR) is 74.9 cm³/mol. The molecule has 0 aliphatic carbocycles. The fourth-order valence-electron chi connectivity index (χ4n) is 2.99. The van der Waals surface area contributed by atoms with Gasteiger partial charge in [0.15, 0.2) is 0 Å². The van der Waals surface area contributed by atoms with E-state index < -0.39 is 0 Å². The van der Waals surface area contributed by atoms with Gasteiger partial charge in [-0.15, -0.1) is 0 Å². The second-order valence-electron chi connectivity index (χ2n) is 5.27. The second kappa shape index (κ2) is 5.15. The monoisotopic (exact) mass is 243 g/mol. The van der Waals surface area contributed by atoms with Crippen molar-refractivity contribution in [3.05, 3.63) is 36.0 Å². The minimum Gasteiger partial charge on any atom is -0.378 e. The maximum atomic E-state index is 5.68. The fourth-order valence-corrected chi connectivity index (χ4v) is 2.99. The molecular weight excluding hydrogens is 222 g/mol. The molecule has 0 bridgehead atoms. The molecule has 1 unspecified atom stereocenters. The second-order valence-corrected chi connectivity index (χ2v) is 5.27. The summed E-state index contributed by atoms with van der Waals surface area (Å²) in [6.45, 7) is 4.28. The van der Waals surface area contributed by atoms with E-state index >= 15 is 0 Å². The Morgan fingerprint density at radius 3 is 3.06 bits per heavy atom. The van der Waals surface area contributed by atoms with Crippen LogP contribution in [0.5, 0.6) is 0 Å². The van der Waals surface area contributed by atoms with Crippen LogP contribution >= 0.6 is 0 Å². The largest absolute Gasteiger partial charge is 0.378 e. The third kappa shape index (κ3) is 2.30. The zero-order valence-corrected chi connectivity index (χ0v) is 11.1. The summed E-state index contributed by atoms with van der Waals surface area (Å²) < 4.78 is 8.12. The molecule has 96 valence electrons. The molecular formula is C16H21NO. The van der Waals surface area contributed by atoms with E-state index in [4.69, 9.17) is 4.74 Å². The highest BCUT2D eigenvalue weighted by Gasteiger charge is 2.15. The van der Waals surface area contributed by atoms with Crippen molar-refractivity contribution in [3.8, 4) is 0 Å². The molecule has 2 aromatic rings. The molecule has 2 nitrogen and oxygen atoms in total. The van der Waals surface area contributed by atoms with E-state index in [1.807, 2.05) is 0 Å². The van der Waals surface area contributed by atoms with Gasteiger partial charge in [0.1, 0.15) is 0 Å². The molecule has 0 radical (unpaired) electrons. The van der Waals surface area contributed by atoms with Gasteiger partial charge in [0.25, 0.3) is 0 Å². The molecule has 1 saturated heterocycles. The summed E-state index contributed by atoms with van der Waals surface area (Å²) in [5.74, 6) is 0. The smallest absolute Gasteiger partial charge is 0.0576 e. The first-order valence-corrected chi connectivity index (χ1v) is 7.01. The first-order chi connectivity index (χ1) is 8.84. The number of hydrogen-bond donors (Lipinski definition) is 0. The van der Waals surface area contributed by atoms with Crippen molar-refractivity contribution >= 4 is 10.9 Å². The van der Waals surface area contributed by atoms with Crippen LogP contribution in [0.1, 0.15) is 31.4 Å². The quantitative estimate of drug-likeness (QED) is 0.794. The van der Waals surface area contributed by atoms with Crippen molar-refractivity contribution in [1.82, 2.24) is 4.57 Å². The van der Waals surface area contributed by atoms with Crippen LogP contribution < -0.4 is 0 Å². The van der Waals surface area contributed by atoms with Gasteiger partial charge in [0.2, 0.25) is 0 Å². The van der Waals surface area contributed by atoms with Crippen molar-refractivity contribution in [3.63, 3.8) is 0 Å². The number of rotatable bonds is 4. The van der Waals surface area contributed by atoms with Gasteiger partial charge >= 0.3 is 0 Å². The molecule has 0 N–H and O–H groups in total. The summed E-state index contributed by atoms with van der Waals surface area (Å²) in [6.07, 6.45) is 5.43. The van der Waals surface area contributed by atoms with E-state index in [0.717, 1.165) is 13.2 Å². The lowest BCUT2D eigenvalue weighted by Crippen LogP contribution is -2.07. The number of hydrogen-bond acceptors (Lipinski definition) is 1. The first kappa shape index (κ1) is 11.8. The van der Waals surface area contributed by atoms with Crippen LogP contribution in [0.3, 0.4) is 0 Å². The van der Waals surface area contributed by atoms with E-state index in [9.17, 15) is 0 Å². The van der Waals surface area contributed by atoms with Gasteiger partial charge in [-0.3, -0.25) is 0 Å². The molecule has 2 heteroatoms. The average molecular weight is 243 g/mol. The maximum Gasteiger partial charge on any atom is 0.0576 e. The van der Waals surface area contributed by atoms with Crippen molar-refractivity contribution in [2.24, 2.45) is 0 Å². The van der Waals surface area contributed by atoms with Gasteiger partial charge in [-0.25, -0.2) is 0 Å². The molecule has 18 heavy (non-hydrogen) atoms. The number of benzene rings is 1. The summed E-state index contributed by atoms with van der Waals surface area (Å²) in [5, 5.41) is 1.35. The number of para-hydroxylation sites is 1. The average Bonchev–Trinajstić information content (AvgIpc) is 2.98. The third-order valence-corrected chi connectivity index (χ3v) is 3.95. The minimum absolute atomic E-state index is 0.520. The summed E-state index contributed by atoms with van der Waals surface area (Å²) >= 11 is 0. The molecule has 0 saturated carbocycles. The predicted octanol–water partition coefficient (Wildman–Crippen LogP) is 3.91. The Hall–Kier alpha value is -1.28. The first-order valence-electron chi connectivity index (χ1n) is 7.01. The molecule has 0 amide bonds. The number of ether oxygens (including phenoxy) is 1. The molecule has 2 heterocycles. The van der Waals surface area contributed by atoms with Crippen molar-refractivity contribution in [1.29, 1.82) is 0 Å². The van der Waals surface area contributed by atoms with Gasteiger partial charge in [0.05, 0.1) is 6.10 Å². The Morgan fingerprint density at radius 2 is 2.22 bits per heavy atom. The molecule has 1 aromatic carbocycles. The molecule has 0 spiro atoms. The van der Waals surface area contributed by atoms with Crippen LogP contribution in [0, 0.1) is 6.92 Å². The molecule has 1 aliphatic rings. The number of aromatic nitrogens is 1. The zero-order chi connectivity index (χ0) is 12.4. The van der Waals surface area contributed by atoms with Crippen molar-refractivity contribution in [2.75, 3.05) is 6.61 Å². The Morgan fingerprint density at radius 1 is 1.33 bits per heavy atom. The number of nitrogens with zero attached hydrogens (tertiary/aromatic N) is 1. The highest BCUT2D eigenvalue weighted by molar-refractivity contribution is 5.81. The minimum atomic E-state index is 0.520. The number of fused-ring (bicyclic) bond motifs is 1. The Kier molecular flexibility index (Phi) is 3.37. The van der Waals surface area contributed by atoms with Crippen LogP contribution in [-0.4, -0.2) is 17.3 Å². The van der Waals surface area contributed by atoms with Crippen LogP contribution in [0.4, 0.5) is 0 Å². The van der Waals surface area contributed by atoms with E-state index in [1.54, 1.807) is 0 Å². The Labute approximate surface area is 109 Å². The normalized spacial score (nSPS) is 19.7. The fraction of sp³-hybridized carbons (Fsp3) is 0.500. The molecule has 3 rings (SSSR count). The highest BCUT2D eigenvalue weighted by atomic mass is 16.5. The highest BCUT2D eigenvalue weighted by Crippen LogP contribution is 2.21. The van der Waals surface area contributed by atoms with Crippen LogP contribution in [0.15, 0.2) is 30.3 Å². The summed E-state index contributed by atoms with van der Waals surface area (Å²) in [7, 11) is 0. The standard InChI is InChI=1S/C16H21NO/c1-13-12-14-6-2-3-9-16(14)17(13)10-4-7-15-8-5-11-18-15/h2-3,6,9,12,15H,4-5,7-8,10-11H2,1H3. The third-order valence-electron chi connectivity index (χ3n) is 3.95. The topological polar surface area (TPSA) is 14.2 Å². The van der Waals surface area contributed by atoms with Crippen molar-refractivity contribution in [2.45, 2.75) is 45.3 Å². The van der Waals surface area contributed by atoms with Crippen LogP contribution in [0.25, 0.3) is 10.9 Å². The van der Waals surface area contributed by atoms with Crippen LogP contribution in [-0.2, 0) is 11.3 Å². The molecule has 1 fully saturated rings. The lowest BCUT2D eigenvalue weighted by Gasteiger charge is -2.11. The van der Waals surface area contributed by atoms with Gasteiger partial charge in [0, 0.05) is 24.4 Å². The maximum absolute atomic E-state index is 5.68. The molecule has 1 aromatic heterocycles. The number of aryl methyl sites for hydroxylation is 2. The van der Waals surface area contributed by atoms with Gasteiger partial charge < -0.3 is 9.30 Å². The van der Waals surface area contributed by atoms with E-state index in [1.165, 1.54) is 42.3 Å². The van der Waals surface area contributed by atoms with Gasteiger partial charge in [-0.2, -0.15) is 0 Å². The van der Waals surface area contributed by atoms with Gasteiger partial charge in [-0.05, 0) is 50.1 Å². The lowest BCUT2D eigenvalue weighted by molar-refractivity contribution is 0.101. The summed E-state index contributed by atoms with van der Waals surface area (Å²) in [6, 6.07) is 10.9. The lowest BCUT2D eigenvalue weighted by atomic mass is 10.1. The van der Waals surface area contributed by atoms with Crippen molar-refractivity contribution < 1.29 is 4.74 Å². The SMILES string of the molecule is Cc1cc2ccccc2n1CCCC1CCCO1. The van der Waals surface area contributed by atoms with Gasteiger partial charge in [-0.1, -0.05) is 18.2 Å². The molecule has 1 atom stereocenters. The summed E-state index contributed by atoms with van der Waals surface area (Å²) in [4.78, 5) is 0. The van der Waals surface area contributed by atoms with Crippen LogP contribution in [0.2, 0.25) is 0 Å². The van der Waals surface area contributed by atoms with E-state index in [-0.39, 0.29) is 0 Å². The van der Waals surface area contributed by atoms with E-state index in [0.29, 0.717) is 6.10 Å². The van der Waals surface area contributed by atoms with E-state index in [2.05, 4.69) is 41.8 Å². The Balaban J connectivity index is 1.68. The molecule has 1 aliphatic heterocycles. The summed E-state index contributed by atoms with van der Waals surface area (Å²) in [5.41, 5.74) is 2.73.